The van der Waals surface area contributed by atoms with Crippen LogP contribution >= 0.6 is 11.6 Å². The summed E-state index contributed by atoms with van der Waals surface area (Å²) in [6.07, 6.45) is 7.09. The second-order valence-corrected chi connectivity index (χ2v) is 6.84. The van der Waals surface area contributed by atoms with Crippen LogP contribution in [0.15, 0.2) is 36.8 Å². The van der Waals surface area contributed by atoms with Crippen molar-refractivity contribution in [2.75, 3.05) is 5.32 Å². The van der Waals surface area contributed by atoms with Crippen LogP contribution in [-0.4, -0.2) is 28.1 Å². The standard InChI is InChI=1S/C18H18ClN3O2/c1-10-8-15(21-9-12(10)19)22-18(23)17-14-3-2-13(24-14)16(17)11-4-6-20-7-5-11/h4-9,13-14,16-17H,2-3H2,1H3,(H,21,22,23)/t13-,14+,16+,17+/m0/s1. The molecule has 0 spiro atoms. The van der Waals surface area contributed by atoms with Crippen molar-refractivity contribution in [3.05, 3.63) is 52.9 Å². The zero-order chi connectivity index (χ0) is 16.7. The van der Waals surface area contributed by atoms with E-state index in [1.54, 1.807) is 24.7 Å². The summed E-state index contributed by atoms with van der Waals surface area (Å²) in [5, 5.41) is 3.52. The van der Waals surface area contributed by atoms with E-state index in [0.717, 1.165) is 24.0 Å². The van der Waals surface area contributed by atoms with Gasteiger partial charge < -0.3 is 10.1 Å². The first-order chi connectivity index (χ1) is 11.6. The third-order valence-corrected chi connectivity index (χ3v) is 5.36. The number of carbonyl (C=O) groups excluding carboxylic acids is 1. The summed E-state index contributed by atoms with van der Waals surface area (Å²) < 4.78 is 6.03. The number of nitrogens with zero attached hydrogens (tertiary/aromatic N) is 2. The van der Waals surface area contributed by atoms with E-state index in [9.17, 15) is 4.79 Å². The molecule has 0 radical (unpaired) electrons. The molecular weight excluding hydrogens is 326 g/mol. The van der Waals surface area contributed by atoms with Gasteiger partial charge in [0, 0.05) is 24.5 Å². The minimum Gasteiger partial charge on any atom is -0.373 e. The first kappa shape index (κ1) is 15.5. The Morgan fingerprint density at radius 2 is 2.04 bits per heavy atom. The van der Waals surface area contributed by atoms with Crippen LogP contribution in [0, 0.1) is 12.8 Å². The predicted octanol–water partition coefficient (Wildman–Crippen LogP) is 3.34. The Bertz CT molecular complexity index is 768. The van der Waals surface area contributed by atoms with Gasteiger partial charge in [-0.05, 0) is 49.1 Å². The topological polar surface area (TPSA) is 64.1 Å². The van der Waals surface area contributed by atoms with Gasteiger partial charge in [0.05, 0.1) is 23.1 Å². The van der Waals surface area contributed by atoms with E-state index in [4.69, 9.17) is 16.3 Å². The summed E-state index contributed by atoms with van der Waals surface area (Å²) in [7, 11) is 0. The Labute approximate surface area is 145 Å². The number of aromatic nitrogens is 2. The molecule has 4 rings (SSSR count). The molecule has 124 valence electrons. The average Bonchev–Trinajstić information content (AvgIpc) is 3.20. The number of carbonyl (C=O) groups is 1. The van der Waals surface area contributed by atoms with Gasteiger partial charge in [-0.25, -0.2) is 4.98 Å². The van der Waals surface area contributed by atoms with Gasteiger partial charge in [-0.1, -0.05) is 11.6 Å². The number of ether oxygens (including phenoxy) is 1. The number of hydrogen-bond acceptors (Lipinski definition) is 4. The second-order valence-electron chi connectivity index (χ2n) is 6.43. The van der Waals surface area contributed by atoms with E-state index in [-0.39, 0.29) is 30.0 Å². The van der Waals surface area contributed by atoms with Crippen molar-refractivity contribution in [2.45, 2.75) is 37.9 Å². The Kier molecular flexibility index (Phi) is 3.98. The molecule has 2 fully saturated rings. The lowest BCUT2D eigenvalue weighted by molar-refractivity contribution is -0.121. The van der Waals surface area contributed by atoms with Crippen LogP contribution in [0.2, 0.25) is 5.02 Å². The third kappa shape index (κ3) is 2.68. The smallest absolute Gasteiger partial charge is 0.231 e. The molecule has 1 amide bonds. The van der Waals surface area contributed by atoms with Crippen LogP contribution in [0.1, 0.15) is 29.9 Å². The molecule has 24 heavy (non-hydrogen) atoms. The van der Waals surface area contributed by atoms with Gasteiger partial charge in [-0.2, -0.15) is 0 Å². The summed E-state index contributed by atoms with van der Waals surface area (Å²) in [5.41, 5.74) is 1.99. The lowest BCUT2D eigenvalue weighted by Gasteiger charge is -2.27. The number of hydrogen-bond donors (Lipinski definition) is 1. The average molecular weight is 344 g/mol. The fourth-order valence-corrected chi connectivity index (χ4v) is 3.94. The van der Waals surface area contributed by atoms with Crippen molar-refractivity contribution in [1.29, 1.82) is 0 Å². The van der Waals surface area contributed by atoms with Crippen molar-refractivity contribution >= 4 is 23.3 Å². The molecule has 1 N–H and O–H groups in total. The SMILES string of the molecule is Cc1cc(NC(=O)[C@H]2[C@H](c3ccncc3)[C@@H]3CC[C@H]2O3)ncc1Cl. The van der Waals surface area contributed by atoms with Crippen LogP contribution in [-0.2, 0) is 9.53 Å². The lowest BCUT2D eigenvalue weighted by Crippen LogP contribution is -2.36. The van der Waals surface area contributed by atoms with Crippen molar-refractivity contribution in [2.24, 2.45) is 5.92 Å². The molecule has 5 nitrogen and oxygen atoms in total. The quantitative estimate of drug-likeness (QED) is 0.928. The molecule has 2 aromatic rings. The third-order valence-electron chi connectivity index (χ3n) is 4.97. The monoisotopic (exact) mass is 343 g/mol. The fraction of sp³-hybridized carbons (Fsp3) is 0.389. The Morgan fingerprint density at radius 3 is 2.79 bits per heavy atom. The highest BCUT2D eigenvalue weighted by Crippen LogP contribution is 2.49. The largest absolute Gasteiger partial charge is 0.373 e. The summed E-state index contributed by atoms with van der Waals surface area (Å²) in [6, 6.07) is 5.73. The van der Waals surface area contributed by atoms with Gasteiger partial charge in [0.1, 0.15) is 5.82 Å². The van der Waals surface area contributed by atoms with Crippen molar-refractivity contribution in [3.8, 4) is 0 Å². The summed E-state index contributed by atoms with van der Waals surface area (Å²) in [5.74, 6) is 0.348. The van der Waals surface area contributed by atoms with Crippen LogP contribution in [0.3, 0.4) is 0 Å². The second kappa shape index (κ2) is 6.15. The number of pyridine rings is 2. The Hall–Kier alpha value is -1.98. The Morgan fingerprint density at radius 1 is 1.29 bits per heavy atom. The number of halogens is 1. The Balaban J connectivity index is 1.59. The van der Waals surface area contributed by atoms with Gasteiger partial charge in [-0.3, -0.25) is 9.78 Å². The number of rotatable bonds is 3. The molecule has 0 saturated carbocycles. The zero-order valence-electron chi connectivity index (χ0n) is 13.3. The van der Waals surface area contributed by atoms with Crippen LogP contribution < -0.4 is 5.32 Å². The molecule has 2 saturated heterocycles. The highest BCUT2D eigenvalue weighted by molar-refractivity contribution is 6.31. The van der Waals surface area contributed by atoms with Crippen molar-refractivity contribution in [3.63, 3.8) is 0 Å². The first-order valence-electron chi connectivity index (χ1n) is 8.12. The van der Waals surface area contributed by atoms with Crippen LogP contribution in [0.5, 0.6) is 0 Å². The van der Waals surface area contributed by atoms with E-state index >= 15 is 0 Å². The predicted molar refractivity (Wildman–Crippen MR) is 91.0 cm³/mol. The molecule has 0 aliphatic carbocycles. The number of anilines is 1. The lowest BCUT2D eigenvalue weighted by atomic mass is 9.75. The van der Waals surface area contributed by atoms with Gasteiger partial charge in [0.15, 0.2) is 0 Å². The minimum atomic E-state index is -0.205. The van der Waals surface area contributed by atoms with E-state index in [2.05, 4.69) is 15.3 Å². The summed E-state index contributed by atoms with van der Waals surface area (Å²) in [6.45, 7) is 1.89. The molecular formula is C18H18ClN3O2. The molecule has 0 unspecified atom stereocenters. The summed E-state index contributed by atoms with van der Waals surface area (Å²) >= 11 is 6.00. The molecule has 2 aromatic heterocycles. The van der Waals surface area contributed by atoms with E-state index in [1.807, 2.05) is 19.1 Å². The number of nitrogens with one attached hydrogen (secondary N) is 1. The molecule has 6 heteroatoms. The number of fused-ring (bicyclic) bond motifs is 2. The van der Waals surface area contributed by atoms with Crippen molar-refractivity contribution < 1.29 is 9.53 Å². The molecule has 4 heterocycles. The highest BCUT2D eigenvalue weighted by atomic mass is 35.5. The maximum absolute atomic E-state index is 12.9. The van der Waals surface area contributed by atoms with E-state index < -0.39 is 0 Å². The van der Waals surface area contributed by atoms with Crippen molar-refractivity contribution in [1.82, 2.24) is 9.97 Å². The normalized spacial score (nSPS) is 28.1. The minimum absolute atomic E-state index is 0.0263. The maximum atomic E-state index is 12.9. The summed E-state index contributed by atoms with van der Waals surface area (Å²) in [4.78, 5) is 21.2. The van der Waals surface area contributed by atoms with E-state index in [0.29, 0.717) is 10.8 Å². The van der Waals surface area contributed by atoms with Crippen LogP contribution in [0.25, 0.3) is 0 Å². The van der Waals surface area contributed by atoms with Crippen LogP contribution in [0.4, 0.5) is 5.82 Å². The van der Waals surface area contributed by atoms with Gasteiger partial charge >= 0.3 is 0 Å². The highest BCUT2D eigenvalue weighted by Gasteiger charge is 2.52. The number of aryl methyl sites for hydroxylation is 1. The molecule has 2 aliphatic heterocycles. The van der Waals surface area contributed by atoms with Gasteiger partial charge in [0.2, 0.25) is 5.91 Å². The van der Waals surface area contributed by atoms with E-state index in [1.165, 1.54) is 0 Å². The molecule has 0 aromatic carbocycles. The molecule has 4 atom stereocenters. The van der Waals surface area contributed by atoms with Gasteiger partial charge in [0.25, 0.3) is 0 Å². The molecule has 2 aliphatic rings. The number of amides is 1. The molecule has 2 bridgehead atoms. The fourth-order valence-electron chi connectivity index (χ4n) is 3.84. The maximum Gasteiger partial charge on any atom is 0.231 e. The van der Waals surface area contributed by atoms with Gasteiger partial charge in [-0.15, -0.1) is 0 Å². The first-order valence-corrected chi connectivity index (χ1v) is 8.49. The zero-order valence-corrected chi connectivity index (χ0v) is 14.0.